The minimum absolute atomic E-state index is 0. The van der Waals surface area contributed by atoms with Crippen molar-refractivity contribution in [2.45, 2.75) is 77.0 Å². The van der Waals surface area contributed by atoms with Gasteiger partial charge >= 0.3 is 40.2 Å². The standard InChI is InChI=1S/C84H66N6.2Ir/c1-5-49-85-79(9-1)73-37-25-61(26-38-73)13-19-67-53-68(20-14-62-27-39-74(40-28-62)80-10-2-6-50-86-80)56-71(55-67)23-17-65-33-45-77(46-34-65)83-59-84(90-60-89-83)78-47-35-66(36-48-78)18-24-72-57-69(21-15-63-29-41-75(42-30-63)81-11-3-7-51-87-81)54-70(58-72)22-16-64-31-43-76(44-32-64)82-12-4-8-52-88-82;;/h1-12,25-37,39,41,43,45,47,49-60H,13-24H2;;/q-6;2*+3. The van der Waals surface area contributed by atoms with Crippen LogP contribution in [0.25, 0.3) is 67.5 Å². The average molecular weight is 1540 g/mol. The molecule has 5 heterocycles. The van der Waals surface area contributed by atoms with E-state index in [1.54, 1.807) is 6.33 Å². The molecule has 0 aliphatic carbocycles. The molecule has 8 heteroatoms. The van der Waals surface area contributed by atoms with Gasteiger partial charge in [0.15, 0.2) is 0 Å². The SMILES string of the molecule is [Ir+3].[Ir+3].[c-]1cc(CCc2cc(CCc3c[c-]c(-c4ccccn4)cc3)cc(CCc3c[c-]c(-c4cc(-c5[c-]cc(CCc6cc(CCc7c[c-]c(-c8ccccn8)cc7)cc(CCc7c[c-]c(-c8ccccn8)cc7)c6)cc5)ncn4)cc3)c2)ccc1-c1ccccn1. The quantitative estimate of drug-likeness (QED) is 0.0561. The Labute approximate surface area is 569 Å². The van der Waals surface area contributed by atoms with Crippen LogP contribution in [0, 0.1) is 36.4 Å². The molecule has 0 atom stereocenters. The van der Waals surface area contributed by atoms with Crippen LogP contribution in [0.15, 0.2) is 256 Å². The second-order valence-corrected chi connectivity index (χ2v) is 23.1. The Balaban J connectivity index is 0.00000433. The molecule has 5 aromatic heterocycles. The summed E-state index contributed by atoms with van der Waals surface area (Å²) in [4.78, 5) is 27.5. The Morgan fingerprint density at radius 2 is 0.402 bits per heavy atom. The van der Waals surface area contributed by atoms with Crippen molar-refractivity contribution in [3.63, 3.8) is 0 Å². The van der Waals surface area contributed by atoms with Gasteiger partial charge in [0.05, 0.1) is 6.33 Å². The van der Waals surface area contributed by atoms with Crippen LogP contribution in [0.5, 0.6) is 0 Å². The molecule has 450 valence electrons. The summed E-state index contributed by atoms with van der Waals surface area (Å²) in [5, 5.41) is 0. The molecule has 0 unspecified atom stereocenters. The first-order chi connectivity index (χ1) is 44.5. The normalized spacial score (nSPS) is 11.0. The molecule has 0 spiro atoms. The van der Waals surface area contributed by atoms with Gasteiger partial charge in [-0.3, -0.25) is 9.97 Å². The predicted octanol–water partition coefficient (Wildman–Crippen LogP) is 17.6. The van der Waals surface area contributed by atoms with Gasteiger partial charge in [-0.1, -0.05) is 130 Å². The van der Waals surface area contributed by atoms with E-state index in [0.717, 1.165) is 145 Å². The Morgan fingerprint density at radius 3 is 0.587 bits per heavy atom. The number of hydrogen-bond acceptors (Lipinski definition) is 6. The van der Waals surface area contributed by atoms with Gasteiger partial charge in [-0.25, -0.2) is 0 Å². The van der Waals surface area contributed by atoms with E-state index in [2.05, 4.69) is 208 Å². The van der Waals surface area contributed by atoms with E-state index in [4.69, 9.17) is 9.97 Å². The van der Waals surface area contributed by atoms with Gasteiger partial charge in [0, 0.05) is 24.8 Å². The van der Waals surface area contributed by atoms with Crippen molar-refractivity contribution in [1.29, 1.82) is 0 Å². The summed E-state index contributed by atoms with van der Waals surface area (Å²) in [5.74, 6) is 0. The van der Waals surface area contributed by atoms with Crippen molar-refractivity contribution >= 4 is 0 Å². The van der Waals surface area contributed by atoms with E-state index in [-0.39, 0.29) is 40.2 Å². The molecule has 13 rings (SSSR count). The molecule has 13 aromatic rings. The molecule has 0 N–H and O–H groups in total. The number of rotatable bonds is 24. The van der Waals surface area contributed by atoms with E-state index in [0.29, 0.717) is 0 Å². The van der Waals surface area contributed by atoms with Crippen LogP contribution >= 0.6 is 0 Å². The molecule has 0 radical (unpaired) electrons. The fourth-order valence-electron chi connectivity index (χ4n) is 11.6. The Kier molecular flexibility index (Phi) is 22.5. The van der Waals surface area contributed by atoms with E-state index < -0.39 is 0 Å². The third-order valence-corrected chi connectivity index (χ3v) is 16.7. The zero-order valence-electron chi connectivity index (χ0n) is 51.1. The molecule has 0 amide bonds. The minimum Gasteiger partial charge on any atom is -0.305 e. The second kappa shape index (κ2) is 32.1. The zero-order chi connectivity index (χ0) is 60.5. The molecule has 0 saturated heterocycles. The van der Waals surface area contributed by atoms with Crippen LogP contribution in [0.1, 0.15) is 66.8 Å². The monoisotopic (exact) mass is 1540 g/mol. The van der Waals surface area contributed by atoms with Crippen molar-refractivity contribution in [3.05, 3.63) is 359 Å². The fraction of sp³-hybridized carbons (Fsp3) is 0.143. The van der Waals surface area contributed by atoms with Gasteiger partial charge in [0.2, 0.25) is 0 Å². The molecule has 8 aromatic carbocycles. The first-order valence-electron chi connectivity index (χ1n) is 31.3. The maximum Gasteiger partial charge on any atom is 3.00 e. The summed E-state index contributed by atoms with van der Waals surface area (Å²) in [6.45, 7) is 0. The largest absolute Gasteiger partial charge is 3.00 e. The van der Waals surface area contributed by atoms with E-state index in [1.165, 1.54) is 66.8 Å². The van der Waals surface area contributed by atoms with Crippen molar-refractivity contribution in [2.75, 3.05) is 0 Å². The summed E-state index contributed by atoms with van der Waals surface area (Å²) >= 11 is 0. The number of aryl methyl sites for hydroxylation is 12. The second-order valence-electron chi connectivity index (χ2n) is 23.1. The van der Waals surface area contributed by atoms with E-state index in [9.17, 15) is 0 Å². The number of pyridine rings is 4. The van der Waals surface area contributed by atoms with Gasteiger partial charge in [-0.2, -0.15) is 0 Å². The van der Waals surface area contributed by atoms with Crippen LogP contribution < -0.4 is 0 Å². The molecule has 0 saturated carbocycles. The molecule has 0 aliphatic rings. The summed E-state index contributed by atoms with van der Waals surface area (Å²) < 4.78 is 0. The van der Waals surface area contributed by atoms with Gasteiger partial charge in [-0.05, 0) is 130 Å². The summed E-state index contributed by atoms with van der Waals surface area (Å²) in [5.41, 5.74) is 27.0. The first-order valence-corrected chi connectivity index (χ1v) is 31.3. The minimum atomic E-state index is 0. The molecule has 0 fully saturated rings. The number of hydrogen-bond donors (Lipinski definition) is 0. The van der Waals surface area contributed by atoms with Crippen LogP contribution in [0.4, 0.5) is 0 Å². The van der Waals surface area contributed by atoms with Crippen LogP contribution in [0.2, 0.25) is 0 Å². The average Bonchev–Trinajstić information content (AvgIpc) is 2.07. The summed E-state index contributed by atoms with van der Waals surface area (Å²) in [7, 11) is 0. The third kappa shape index (κ3) is 17.6. The number of nitrogens with zero attached hydrogens (tertiary/aromatic N) is 6. The maximum absolute atomic E-state index is 4.70. The molecular formula is C84H66Ir2N6. The van der Waals surface area contributed by atoms with Crippen molar-refractivity contribution in [1.82, 2.24) is 29.9 Å². The summed E-state index contributed by atoms with van der Waals surface area (Å²) in [6, 6.07) is 100. The van der Waals surface area contributed by atoms with Crippen molar-refractivity contribution in [2.24, 2.45) is 0 Å². The van der Waals surface area contributed by atoms with Gasteiger partial charge in [-0.15, -0.1) is 212 Å². The zero-order valence-corrected chi connectivity index (χ0v) is 55.9. The molecule has 0 aliphatic heterocycles. The first kappa shape index (κ1) is 64.3. The number of benzene rings is 8. The molecule has 6 nitrogen and oxygen atoms in total. The van der Waals surface area contributed by atoms with Crippen molar-refractivity contribution in [3.8, 4) is 67.5 Å². The topological polar surface area (TPSA) is 77.3 Å². The predicted molar refractivity (Wildman–Crippen MR) is 362 cm³/mol. The van der Waals surface area contributed by atoms with Crippen LogP contribution in [-0.4, -0.2) is 29.9 Å². The maximum atomic E-state index is 4.70. The Hall–Kier alpha value is -9.26. The van der Waals surface area contributed by atoms with Crippen LogP contribution in [0.3, 0.4) is 0 Å². The molecule has 0 bridgehead atoms. The van der Waals surface area contributed by atoms with E-state index >= 15 is 0 Å². The van der Waals surface area contributed by atoms with Crippen molar-refractivity contribution < 1.29 is 40.2 Å². The third-order valence-electron chi connectivity index (χ3n) is 16.7. The fourth-order valence-corrected chi connectivity index (χ4v) is 11.6. The van der Waals surface area contributed by atoms with Gasteiger partial charge in [0.1, 0.15) is 0 Å². The van der Waals surface area contributed by atoms with Gasteiger partial charge < -0.3 is 19.9 Å². The Morgan fingerprint density at radius 1 is 0.196 bits per heavy atom. The smallest absolute Gasteiger partial charge is 0.305 e. The number of aromatic nitrogens is 6. The molecular weight excluding hydrogens is 1480 g/mol. The van der Waals surface area contributed by atoms with Gasteiger partial charge in [0.25, 0.3) is 0 Å². The Bertz CT molecular complexity index is 3900. The molecule has 92 heavy (non-hydrogen) atoms. The van der Waals surface area contributed by atoms with Crippen LogP contribution in [-0.2, 0) is 117 Å². The summed E-state index contributed by atoms with van der Waals surface area (Å²) in [6.07, 6.45) is 20.2. The van der Waals surface area contributed by atoms with E-state index in [1.807, 2.05) is 97.6 Å².